The molecule has 8 heteroatoms. The number of oxazole rings is 1. The molecule has 1 amide bonds. The van der Waals surface area contributed by atoms with Crippen molar-refractivity contribution in [2.45, 2.75) is 6.54 Å². The highest BCUT2D eigenvalue weighted by Crippen LogP contribution is 2.34. The fourth-order valence-electron chi connectivity index (χ4n) is 3.38. The molecule has 0 aliphatic heterocycles. The Hall–Kier alpha value is -4.04. The van der Waals surface area contributed by atoms with Crippen LogP contribution in [0.5, 0.6) is 5.75 Å². The Morgan fingerprint density at radius 3 is 2.72 bits per heavy atom. The van der Waals surface area contributed by atoms with Crippen LogP contribution >= 0.6 is 0 Å². The Kier molecular flexibility index (Phi) is 6.23. The standard InChI is InChI=1S/C24H24N4O4/c1-28(23(29)13-25)15-16-6-3-4-7-18(16)22-14-26-24(32-22)27-17-9-10-19(21(12-17)30-2)20-8-5-11-31-20/h3-12,14H,13,15,25H2,1-2H3,(H,26,27). The molecule has 0 aliphatic carbocycles. The van der Waals surface area contributed by atoms with Crippen molar-refractivity contribution in [3.05, 3.63) is 72.6 Å². The van der Waals surface area contributed by atoms with Crippen LogP contribution in [0.25, 0.3) is 22.6 Å². The molecule has 2 aromatic carbocycles. The average Bonchev–Trinajstić information content (AvgIpc) is 3.51. The van der Waals surface area contributed by atoms with Crippen LogP contribution < -0.4 is 15.8 Å². The molecule has 0 aliphatic rings. The molecule has 2 aromatic heterocycles. The molecule has 8 nitrogen and oxygen atoms in total. The maximum atomic E-state index is 11.9. The first kappa shape index (κ1) is 21.2. The van der Waals surface area contributed by atoms with Crippen LogP contribution in [-0.4, -0.2) is 36.5 Å². The van der Waals surface area contributed by atoms with Crippen molar-refractivity contribution >= 4 is 17.6 Å². The van der Waals surface area contributed by atoms with E-state index in [1.165, 1.54) is 0 Å². The van der Waals surface area contributed by atoms with Crippen LogP contribution in [0.2, 0.25) is 0 Å². The van der Waals surface area contributed by atoms with Gasteiger partial charge in [0.1, 0.15) is 11.5 Å². The van der Waals surface area contributed by atoms with Crippen LogP contribution in [0.15, 0.2) is 75.9 Å². The molecule has 3 N–H and O–H groups in total. The van der Waals surface area contributed by atoms with Crippen molar-refractivity contribution in [1.29, 1.82) is 0 Å². The number of carbonyl (C=O) groups is 1. The van der Waals surface area contributed by atoms with Crippen molar-refractivity contribution in [2.24, 2.45) is 5.73 Å². The number of nitrogens with one attached hydrogen (secondary N) is 1. The minimum absolute atomic E-state index is 0.0305. The van der Waals surface area contributed by atoms with Gasteiger partial charge in [-0.2, -0.15) is 0 Å². The van der Waals surface area contributed by atoms with Gasteiger partial charge in [0.2, 0.25) is 5.91 Å². The lowest BCUT2D eigenvalue weighted by atomic mass is 10.1. The molecular formula is C24H24N4O4. The highest BCUT2D eigenvalue weighted by Gasteiger charge is 2.15. The number of benzene rings is 2. The molecule has 164 valence electrons. The maximum absolute atomic E-state index is 11.9. The largest absolute Gasteiger partial charge is 0.496 e. The number of carbonyl (C=O) groups excluding carboxylic acids is 1. The van der Waals surface area contributed by atoms with Gasteiger partial charge in [-0.15, -0.1) is 0 Å². The average molecular weight is 432 g/mol. The molecule has 2 heterocycles. The van der Waals surface area contributed by atoms with E-state index in [9.17, 15) is 4.79 Å². The number of likely N-dealkylation sites (N-methyl/N-ethyl adjacent to an activating group) is 1. The van der Waals surface area contributed by atoms with Gasteiger partial charge >= 0.3 is 0 Å². The number of hydrogen-bond donors (Lipinski definition) is 2. The smallest absolute Gasteiger partial charge is 0.299 e. The highest BCUT2D eigenvalue weighted by molar-refractivity contribution is 5.78. The minimum Gasteiger partial charge on any atom is -0.496 e. The Morgan fingerprint density at radius 1 is 1.12 bits per heavy atom. The molecule has 32 heavy (non-hydrogen) atoms. The summed E-state index contributed by atoms with van der Waals surface area (Å²) in [7, 11) is 3.33. The van der Waals surface area contributed by atoms with Crippen molar-refractivity contribution in [1.82, 2.24) is 9.88 Å². The Morgan fingerprint density at radius 2 is 1.97 bits per heavy atom. The predicted octanol–water partition coefficient (Wildman–Crippen LogP) is 4.27. The molecule has 0 fully saturated rings. The zero-order chi connectivity index (χ0) is 22.5. The Bertz CT molecular complexity index is 1200. The van der Waals surface area contributed by atoms with Gasteiger partial charge in [-0.25, -0.2) is 4.98 Å². The lowest BCUT2D eigenvalue weighted by molar-refractivity contribution is -0.128. The first-order chi connectivity index (χ1) is 15.6. The van der Waals surface area contributed by atoms with Gasteiger partial charge in [-0.05, 0) is 29.8 Å². The summed E-state index contributed by atoms with van der Waals surface area (Å²) in [5.74, 6) is 1.85. The summed E-state index contributed by atoms with van der Waals surface area (Å²) in [6.45, 7) is 0.387. The molecular weight excluding hydrogens is 408 g/mol. The van der Waals surface area contributed by atoms with Gasteiger partial charge in [-0.3, -0.25) is 4.79 Å². The summed E-state index contributed by atoms with van der Waals surface area (Å²) in [6, 6.07) is 17.4. The third-order valence-electron chi connectivity index (χ3n) is 5.04. The summed E-state index contributed by atoms with van der Waals surface area (Å²) in [5, 5.41) is 3.16. The summed E-state index contributed by atoms with van der Waals surface area (Å²) < 4.78 is 16.9. The topological polar surface area (TPSA) is 107 Å². The number of rotatable bonds is 8. The second-order valence-electron chi connectivity index (χ2n) is 7.16. The number of nitrogens with zero attached hydrogens (tertiary/aromatic N) is 2. The van der Waals surface area contributed by atoms with Gasteiger partial charge in [0.15, 0.2) is 5.76 Å². The number of anilines is 2. The first-order valence-electron chi connectivity index (χ1n) is 10.1. The lowest BCUT2D eigenvalue weighted by Crippen LogP contribution is -2.32. The van der Waals surface area contributed by atoms with E-state index in [2.05, 4.69) is 10.3 Å². The molecule has 0 atom stereocenters. The second kappa shape index (κ2) is 9.40. The summed E-state index contributed by atoms with van der Waals surface area (Å²) in [5.41, 5.74) is 8.86. The molecule has 4 aromatic rings. The Labute approximate surface area is 185 Å². The number of hydrogen-bond acceptors (Lipinski definition) is 7. The predicted molar refractivity (Wildman–Crippen MR) is 121 cm³/mol. The van der Waals surface area contributed by atoms with Crippen LogP contribution in [0.4, 0.5) is 11.7 Å². The van der Waals surface area contributed by atoms with Gasteiger partial charge in [-0.1, -0.05) is 24.3 Å². The zero-order valence-electron chi connectivity index (χ0n) is 17.9. The van der Waals surface area contributed by atoms with Crippen LogP contribution in [0.1, 0.15) is 5.56 Å². The van der Waals surface area contributed by atoms with Gasteiger partial charge < -0.3 is 29.5 Å². The number of furan rings is 1. The van der Waals surface area contributed by atoms with E-state index in [1.807, 2.05) is 54.6 Å². The fraction of sp³-hybridized carbons (Fsp3) is 0.167. The van der Waals surface area contributed by atoms with E-state index < -0.39 is 0 Å². The minimum atomic E-state index is -0.133. The number of aromatic nitrogens is 1. The highest BCUT2D eigenvalue weighted by atomic mass is 16.5. The van der Waals surface area contributed by atoms with Crippen molar-refractivity contribution < 1.29 is 18.4 Å². The van der Waals surface area contributed by atoms with Crippen molar-refractivity contribution in [3.8, 4) is 28.4 Å². The molecule has 0 unspecified atom stereocenters. The summed E-state index contributed by atoms with van der Waals surface area (Å²) in [6.07, 6.45) is 3.27. The number of methoxy groups -OCH3 is 1. The van der Waals surface area contributed by atoms with Gasteiger partial charge in [0, 0.05) is 30.9 Å². The van der Waals surface area contributed by atoms with E-state index in [0.29, 0.717) is 24.1 Å². The van der Waals surface area contributed by atoms with Crippen LogP contribution in [0, 0.1) is 0 Å². The third kappa shape index (κ3) is 4.50. The molecule has 4 rings (SSSR count). The molecule has 0 saturated carbocycles. The van der Waals surface area contributed by atoms with Crippen molar-refractivity contribution in [3.63, 3.8) is 0 Å². The molecule has 0 bridgehead atoms. The summed E-state index contributed by atoms with van der Waals surface area (Å²) in [4.78, 5) is 17.8. The van der Waals surface area contributed by atoms with Crippen molar-refractivity contribution in [2.75, 3.05) is 26.0 Å². The number of amides is 1. The lowest BCUT2D eigenvalue weighted by Gasteiger charge is -2.17. The van der Waals surface area contributed by atoms with Gasteiger partial charge in [0.05, 0.1) is 31.7 Å². The van der Waals surface area contributed by atoms with Crippen LogP contribution in [-0.2, 0) is 11.3 Å². The van der Waals surface area contributed by atoms with E-state index in [-0.39, 0.29) is 12.5 Å². The normalized spacial score (nSPS) is 10.7. The molecule has 0 radical (unpaired) electrons. The van der Waals surface area contributed by atoms with Crippen LogP contribution in [0.3, 0.4) is 0 Å². The van der Waals surface area contributed by atoms with Gasteiger partial charge in [0.25, 0.3) is 6.01 Å². The van der Waals surface area contributed by atoms with E-state index >= 15 is 0 Å². The number of ether oxygens (including phenoxy) is 1. The quantitative estimate of drug-likeness (QED) is 0.428. The maximum Gasteiger partial charge on any atom is 0.299 e. The zero-order valence-corrected chi connectivity index (χ0v) is 17.9. The van der Waals surface area contributed by atoms with E-state index in [0.717, 1.165) is 28.1 Å². The number of nitrogens with two attached hydrogens (primary N) is 1. The third-order valence-corrected chi connectivity index (χ3v) is 5.04. The molecule has 0 spiro atoms. The fourth-order valence-corrected chi connectivity index (χ4v) is 3.38. The summed E-state index contributed by atoms with van der Waals surface area (Å²) >= 11 is 0. The SMILES string of the molecule is COc1cc(Nc2ncc(-c3ccccc3CN(C)C(=O)CN)o2)ccc1-c1ccco1. The Balaban J connectivity index is 1.55. The second-order valence-corrected chi connectivity index (χ2v) is 7.16. The monoisotopic (exact) mass is 432 g/mol. The first-order valence-corrected chi connectivity index (χ1v) is 10.1. The van der Waals surface area contributed by atoms with E-state index in [4.69, 9.17) is 19.3 Å². The molecule has 0 saturated heterocycles. The van der Waals surface area contributed by atoms with E-state index in [1.54, 1.807) is 31.5 Å².